The highest BCUT2D eigenvalue weighted by molar-refractivity contribution is 5.92. The summed E-state index contributed by atoms with van der Waals surface area (Å²) in [6.07, 6.45) is 0.458. The van der Waals surface area contributed by atoms with Crippen molar-refractivity contribution in [3.8, 4) is 0 Å². The maximum absolute atomic E-state index is 11.4. The normalized spacial score (nSPS) is 13.8. The van der Waals surface area contributed by atoms with Crippen molar-refractivity contribution in [1.82, 2.24) is 0 Å². The van der Waals surface area contributed by atoms with E-state index < -0.39 is 5.60 Å². The Morgan fingerprint density at radius 1 is 0.926 bits per heavy atom. The largest absolute Gasteiger partial charge is 0.383 e. The van der Waals surface area contributed by atoms with Gasteiger partial charge in [0.15, 0.2) is 5.96 Å². The zero-order valence-electron chi connectivity index (χ0n) is 15.5. The summed E-state index contributed by atoms with van der Waals surface area (Å²) in [5.74, 6) is 0.279. The first kappa shape index (κ1) is 18.7. The minimum Gasteiger partial charge on any atom is -0.383 e. The van der Waals surface area contributed by atoms with Gasteiger partial charge in [0.2, 0.25) is 0 Å². The summed E-state index contributed by atoms with van der Waals surface area (Å²) < 4.78 is 0. The molecule has 0 aliphatic carbocycles. The smallest absolute Gasteiger partial charge is 0.193 e. The fourth-order valence-corrected chi connectivity index (χ4v) is 2.97. The van der Waals surface area contributed by atoms with Crippen molar-refractivity contribution in [3.05, 3.63) is 102 Å². The van der Waals surface area contributed by atoms with Gasteiger partial charge in [-0.05, 0) is 30.2 Å². The van der Waals surface area contributed by atoms with Gasteiger partial charge in [0.25, 0.3) is 0 Å². The van der Waals surface area contributed by atoms with Gasteiger partial charge in [-0.3, -0.25) is 0 Å². The minimum atomic E-state index is -1.14. The summed E-state index contributed by atoms with van der Waals surface area (Å²) in [4.78, 5) is 4.42. The molecule has 0 aliphatic rings. The van der Waals surface area contributed by atoms with E-state index in [9.17, 15) is 5.11 Å². The van der Waals surface area contributed by atoms with E-state index in [2.05, 4.69) is 10.3 Å². The van der Waals surface area contributed by atoms with Crippen molar-refractivity contribution in [3.63, 3.8) is 0 Å². The minimum absolute atomic E-state index is 0.163. The molecule has 0 heterocycles. The third-order valence-corrected chi connectivity index (χ3v) is 4.49. The average molecular weight is 359 g/mol. The van der Waals surface area contributed by atoms with Crippen LogP contribution in [0.1, 0.15) is 16.7 Å². The molecule has 0 amide bonds. The van der Waals surface area contributed by atoms with Gasteiger partial charge in [-0.1, -0.05) is 78.4 Å². The molecule has 0 spiro atoms. The molecule has 1 unspecified atom stereocenters. The maximum Gasteiger partial charge on any atom is 0.193 e. The molecule has 0 saturated heterocycles. The van der Waals surface area contributed by atoms with Crippen molar-refractivity contribution in [2.75, 3.05) is 11.9 Å². The van der Waals surface area contributed by atoms with E-state index in [4.69, 9.17) is 5.73 Å². The highest BCUT2D eigenvalue weighted by Gasteiger charge is 2.29. The van der Waals surface area contributed by atoms with Crippen LogP contribution < -0.4 is 11.1 Å². The summed E-state index contributed by atoms with van der Waals surface area (Å²) in [5.41, 5.74) is 8.83. The van der Waals surface area contributed by atoms with E-state index in [0.717, 1.165) is 16.8 Å². The fourth-order valence-electron chi connectivity index (χ4n) is 2.97. The zero-order valence-corrected chi connectivity index (χ0v) is 15.5. The zero-order chi connectivity index (χ0) is 19.1. The van der Waals surface area contributed by atoms with E-state index in [0.29, 0.717) is 6.42 Å². The third-order valence-electron chi connectivity index (χ3n) is 4.49. The number of aliphatic imine (C=N–C) groups is 1. The van der Waals surface area contributed by atoms with Gasteiger partial charge in [-0.15, -0.1) is 0 Å². The molecule has 0 aromatic heterocycles. The number of aliphatic hydroxyl groups is 1. The highest BCUT2D eigenvalue weighted by atomic mass is 16.3. The Kier molecular flexibility index (Phi) is 5.89. The van der Waals surface area contributed by atoms with Crippen molar-refractivity contribution < 1.29 is 5.11 Å². The van der Waals surface area contributed by atoms with Crippen LogP contribution in [0.25, 0.3) is 0 Å². The summed E-state index contributed by atoms with van der Waals surface area (Å²) in [5, 5.41) is 14.5. The molecular formula is C23H25N3O. The van der Waals surface area contributed by atoms with Crippen LogP contribution in [0.2, 0.25) is 0 Å². The van der Waals surface area contributed by atoms with Gasteiger partial charge in [-0.25, -0.2) is 4.99 Å². The molecule has 27 heavy (non-hydrogen) atoms. The van der Waals surface area contributed by atoms with Crippen LogP contribution in [0.15, 0.2) is 89.9 Å². The topological polar surface area (TPSA) is 70.6 Å². The van der Waals surface area contributed by atoms with Gasteiger partial charge in [0.05, 0.1) is 6.54 Å². The summed E-state index contributed by atoms with van der Waals surface area (Å²) in [7, 11) is 0. The van der Waals surface area contributed by atoms with Crippen LogP contribution in [-0.4, -0.2) is 17.6 Å². The van der Waals surface area contributed by atoms with Gasteiger partial charge in [0, 0.05) is 12.1 Å². The second kappa shape index (κ2) is 8.52. The molecular weight excluding hydrogens is 334 g/mol. The lowest BCUT2D eigenvalue weighted by Crippen LogP contribution is -2.34. The maximum atomic E-state index is 11.4. The van der Waals surface area contributed by atoms with E-state index in [1.807, 2.05) is 91.9 Å². The Morgan fingerprint density at radius 2 is 1.52 bits per heavy atom. The number of aryl methyl sites for hydroxylation is 1. The van der Waals surface area contributed by atoms with Crippen molar-refractivity contribution >= 4 is 11.6 Å². The summed E-state index contributed by atoms with van der Waals surface area (Å²) in [6.45, 7) is 2.20. The number of hydrogen-bond acceptors (Lipinski definition) is 2. The van der Waals surface area contributed by atoms with Crippen molar-refractivity contribution in [1.29, 1.82) is 0 Å². The Balaban J connectivity index is 1.79. The fraction of sp³-hybridized carbons (Fsp3) is 0.174. The third kappa shape index (κ3) is 5.19. The predicted molar refractivity (Wildman–Crippen MR) is 112 cm³/mol. The van der Waals surface area contributed by atoms with E-state index in [1.165, 1.54) is 5.56 Å². The Morgan fingerprint density at radius 3 is 2.15 bits per heavy atom. The predicted octanol–water partition coefficient (Wildman–Crippen LogP) is 3.85. The number of guanidine groups is 1. The molecule has 4 heteroatoms. The lowest BCUT2D eigenvalue weighted by Gasteiger charge is -2.27. The summed E-state index contributed by atoms with van der Waals surface area (Å²) in [6, 6.07) is 27.4. The molecule has 138 valence electrons. The molecule has 3 aromatic carbocycles. The van der Waals surface area contributed by atoms with Gasteiger partial charge >= 0.3 is 0 Å². The molecule has 1 atom stereocenters. The first-order valence-electron chi connectivity index (χ1n) is 9.01. The molecule has 0 aliphatic heterocycles. The highest BCUT2D eigenvalue weighted by Crippen LogP contribution is 2.26. The number of nitrogens with two attached hydrogens (primary N) is 1. The van der Waals surface area contributed by atoms with E-state index in [1.54, 1.807) is 0 Å². The summed E-state index contributed by atoms with van der Waals surface area (Å²) >= 11 is 0. The first-order chi connectivity index (χ1) is 13.0. The van der Waals surface area contributed by atoms with Gasteiger partial charge < -0.3 is 16.2 Å². The van der Waals surface area contributed by atoms with E-state index in [-0.39, 0.29) is 12.5 Å². The standard InChI is InChI=1S/C23H25N3O/c1-18-12-14-21(15-13-18)26-22(24)25-17-23(27,20-10-6-3-7-11-20)16-19-8-4-2-5-9-19/h2-15,27H,16-17H2,1H3,(H3,24,25,26). The molecule has 0 saturated carbocycles. The van der Waals surface area contributed by atoms with Crippen LogP contribution in [0, 0.1) is 6.92 Å². The number of hydrogen-bond donors (Lipinski definition) is 3. The molecule has 4 nitrogen and oxygen atoms in total. The van der Waals surface area contributed by atoms with Gasteiger partial charge in [0.1, 0.15) is 5.60 Å². The Bertz CT molecular complexity index is 877. The second-order valence-electron chi connectivity index (χ2n) is 6.75. The Hall–Kier alpha value is -3.11. The molecule has 0 bridgehead atoms. The number of anilines is 1. The van der Waals surface area contributed by atoms with Crippen LogP contribution in [0.4, 0.5) is 5.69 Å². The van der Waals surface area contributed by atoms with Crippen LogP contribution in [0.3, 0.4) is 0 Å². The molecule has 3 rings (SSSR count). The van der Waals surface area contributed by atoms with Crippen molar-refractivity contribution in [2.24, 2.45) is 10.7 Å². The number of nitrogens with zero attached hydrogens (tertiary/aromatic N) is 1. The number of benzene rings is 3. The monoisotopic (exact) mass is 359 g/mol. The van der Waals surface area contributed by atoms with Crippen LogP contribution in [0.5, 0.6) is 0 Å². The number of rotatable bonds is 6. The van der Waals surface area contributed by atoms with Crippen LogP contribution in [-0.2, 0) is 12.0 Å². The van der Waals surface area contributed by atoms with Crippen molar-refractivity contribution in [2.45, 2.75) is 18.9 Å². The molecule has 4 N–H and O–H groups in total. The first-order valence-corrected chi connectivity index (χ1v) is 9.01. The lowest BCUT2D eigenvalue weighted by molar-refractivity contribution is 0.0468. The Labute approximate surface area is 160 Å². The van der Waals surface area contributed by atoms with E-state index >= 15 is 0 Å². The average Bonchev–Trinajstić information content (AvgIpc) is 2.70. The molecule has 0 fully saturated rings. The SMILES string of the molecule is Cc1ccc(NC(N)=NCC(O)(Cc2ccccc2)c2ccccc2)cc1. The van der Waals surface area contributed by atoms with Crippen LogP contribution >= 0.6 is 0 Å². The quantitative estimate of drug-likeness (QED) is 0.462. The lowest BCUT2D eigenvalue weighted by atomic mass is 9.87. The second-order valence-corrected chi connectivity index (χ2v) is 6.75. The molecule has 3 aromatic rings. The van der Waals surface area contributed by atoms with Gasteiger partial charge in [-0.2, -0.15) is 0 Å². The number of nitrogens with one attached hydrogen (secondary N) is 1. The molecule has 0 radical (unpaired) electrons.